The first kappa shape index (κ1) is 17.5. The lowest BCUT2D eigenvalue weighted by Crippen LogP contribution is -2.18. The molecule has 3 heterocycles. The third-order valence-corrected chi connectivity index (χ3v) is 4.61. The average Bonchev–Trinajstić information content (AvgIpc) is 3.32. The van der Waals surface area contributed by atoms with Crippen LogP contribution in [0.5, 0.6) is 5.75 Å². The molecule has 4 N–H and O–H groups in total. The van der Waals surface area contributed by atoms with E-state index in [0.29, 0.717) is 42.2 Å². The van der Waals surface area contributed by atoms with Crippen LogP contribution in [0.15, 0.2) is 23.4 Å². The van der Waals surface area contributed by atoms with Crippen LogP contribution in [0.2, 0.25) is 0 Å². The fourth-order valence-electron chi connectivity index (χ4n) is 2.79. The number of benzene rings is 1. The number of para-hydroxylation sites is 1. The number of aromatic nitrogens is 7. The molecule has 0 fully saturated rings. The number of nitrogens with zero attached hydrogens (tertiary/aromatic N) is 6. The number of nitrogen functional groups attached to an aromatic ring is 1. The monoisotopic (exact) mass is 385 g/mol. The van der Waals surface area contributed by atoms with Gasteiger partial charge in [-0.15, -0.1) is 10.2 Å². The molecule has 0 saturated heterocycles. The quantitative estimate of drug-likeness (QED) is 0.315. The Morgan fingerprint density at radius 2 is 2.19 bits per heavy atom. The second kappa shape index (κ2) is 7.37. The summed E-state index contributed by atoms with van der Waals surface area (Å²) in [7, 11) is 1.61. The average molecular weight is 385 g/mol. The largest absolute Gasteiger partial charge is 0.494 e. The highest BCUT2D eigenvalue weighted by Crippen LogP contribution is 2.27. The van der Waals surface area contributed by atoms with Gasteiger partial charge in [-0.25, -0.2) is 15.0 Å². The topological polar surface area (TPSA) is 132 Å². The molecule has 0 amide bonds. The van der Waals surface area contributed by atoms with Crippen molar-refractivity contribution in [2.45, 2.75) is 18.1 Å². The molecule has 0 saturated carbocycles. The Morgan fingerprint density at radius 3 is 2.96 bits per heavy atom. The van der Waals surface area contributed by atoms with Gasteiger partial charge in [0, 0.05) is 18.4 Å². The van der Waals surface area contributed by atoms with Gasteiger partial charge in [0.25, 0.3) is 0 Å². The molecule has 0 spiro atoms. The maximum absolute atomic E-state index is 6.06. The van der Waals surface area contributed by atoms with Gasteiger partial charge in [0.05, 0.1) is 13.7 Å². The third-order valence-electron chi connectivity index (χ3n) is 4.07. The first-order valence-corrected chi connectivity index (χ1v) is 9.56. The number of H-pyrrole nitrogens is 1. The number of anilines is 1. The van der Waals surface area contributed by atoms with E-state index >= 15 is 0 Å². The fourth-order valence-corrected chi connectivity index (χ4v) is 3.13. The number of hydrogen-bond donors (Lipinski definition) is 3. The zero-order chi connectivity index (χ0) is 18.8. The van der Waals surface area contributed by atoms with Crippen LogP contribution in [-0.4, -0.2) is 54.7 Å². The van der Waals surface area contributed by atoms with Gasteiger partial charge >= 0.3 is 0 Å². The molecule has 0 bridgehead atoms. The molecule has 1 aromatic carbocycles. The second-order valence-corrected chi connectivity index (χ2v) is 6.56. The molecule has 0 unspecified atom stereocenters. The van der Waals surface area contributed by atoms with Crippen molar-refractivity contribution in [3.05, 3.63) is 29.8 Å². The number of thioether (sulfide) groups is 1. The first-order valence-electron chi connectivity index (χ1n) is 8.33. The molecule has 0 atom stereocenters. The van der Waals surface area contributed by atoms with Crippen molar-refractivity contribution >= 4 is 34.3 Å². The van der Waals surface area contributed by atoms with Crippen LogP contribution >= 0.6 is 11.8 Å². The van der Waals surface area contributed by atoms with Gasteiger partial charge in [0.2, 0.25) is 11.1 Å². The molecule has 0 aliphatic heterocycles. The van der Waals surface area contributed by atoms with Crippen LogP contribution in [0.4, 0.5) is 5.95 Å². The molecular formula is C16H19N9OS. The fraction of sp³-hybridized carbons (Fsp3) is 0.312. The maximum atomic E-state index is 6.06. The SMILES string of the molecule is COc1cccc2c1nc(N)n1nc(CCNCc3nc(SC)n[nH]3)nc21. The van der Waals surface area contributed by atoms with Gasteiger partial charge in [-0.1, -0.05) is 17.8 Å². The minimum Gasteiger partial charge on any atom is -0.494 e. The lowest BCUT2D eigenvalue weighted by Gasteiger charge is -2.06. The van der Waals surface area contributed by atoms with Crippen LogP contribution in [0, 0.1) is 0 Å². The third kappa shape index (κ3) is 3.38. The Hall–Kier alpha value is -2.92. The van der Waals surface area contributed by atoms with E-state index in [0.717, 1.165) is 16.4 Å². The Balaban J connectivity index is 1.51. The number of ether oxygens (including phenoxy) is 1. The lowest BCUT2D eigenvalue weighted by molar-refractivity contribution is 0.419. The van der Waals surface area contributed by atoms with Crippen LogP contribution in [-0.2, 0) is 13.0 Å². The van der Waals surface area contributed by atoms with E-state index in [-0.39, 0.29) is 5.95 Å². The standard InChI is InChI=1S/C16H19N9OS/c1-26-10-5-3-4-9-13(10)21-15(17)25-14(9)19-11(24-25)6-7-18-8-12-20-16(27-2)23-22-12/h3-5,18H,6-8H2,1-2H3,(H2,17,21)(H,20,22,23). The van der Waals surface area contributed by atoms with Gasteiger partial charge in [-0.3, -0.25) is 5.10 Å². The molecule has 140 valence electrons. The van der Waals surface area contributed by atoms with Gasteiger partial charge < -0.3 is 15.8 Å². The molecule has 3 aromatic heterocycles. The van der Waals surface area contributed by atoms with E-state index < -0.39 is 0 Å². The highest BCUT2D eigenvalue weighted by atomic mass is 32.2. The highest BCUT2D eigenvalue weighted by molar-refractivity contribution is 7.98. The van der Waals surface area contributed by atoms with E-state index in [1.54, 1.807) is 11.6 Å². The summed E-state index contributed by atoms with van der Waals surface area (Å²) in [5.41, 5.74) is 7.41. The van der Waals surface area contributed by atoms with Crippen molar-refractivity contribution in [2.75, 3.05) is 25.6 Å². The Morgan fingerprint density at radius 1 is 1.30 bits per heavy atom. The minimum absolute atomic E-state index is 0.278. The van der Waals surface area contributed by atoms with E-state index in [1.807, 2.05) is 24.5 Å². The number of methoxy groups -OCH3 is 1. The van der Waals surface area contributed by atoms with E-state index in [4.69, 9.17) is 10.5 Å². The van der Waals surface area contributed by atoms with Gasteiger partial charge in [0.15, 0.2) is 11.5 Å². The molecule has 4 rings (SSSR count). The Bertz CT molecular complexity index is 1090. The Kier molecular flexibility index (Phi) is 4.77. The van der Waals surface area contributed by atoms with Crippen LogP contribution in [0.3, 0.4) is 0 Å². The van der Waals surface area contributed by atoms with Gasteiger partial charge in [-0.2, -0.15) is 4.52 Å². The molecule has 0 aliphatic carbocycles. The van der Waals surface area contributed by atoms with Crippen molar-refractivity contribution in [1.29, 1.82) is 0 Å². The van der Waals surface area contributed by atoms with Gasteiger partial charge in [0.1, 0.15) is 17.1 Å². The summed E-state index contributed by atoms with van der Waals surface area (Å²) in [6.45, 7) is 1.30. The minimum atomic E-state index is 0.278. The number of aromatic amines is 1. The molecule has 0 aliphatic rings. The molecule has 4 aromatic rings. The summed E-state index contributed by atoms with van der Waals surface area (Å²) in [6.07, 6.45) is 2.59. The predicted molar refractivity (Wildman–Crippen MR) is 103 cm³/mol. The lowest BCUT2D eigenvalue weighted by atomic mass is 10.2. The van der Waals surface area contributed by atoms with Crippen LogP contribution in [0.25, 0.3) is 16.6 Å². The summed E-state index contributed by atoms with van der Waals surface area (Å²) in [6, 6.07) is 5.68. The van der Waals surface area contributed by atoms with E-state index in [1.165, 1.54) is 11.8 Å². The number of fused-ring (bicyclic) bond motifs is 3. The van der Waals surface area contributed by atoms with E-state index in [2.05, 4.69) is 35.6 Å². The van der Waals surface area contributed by atoms with Crippen LogP contribution in [0.1, 0.15) is 11.6 Å². The number of rotatable bonds is 7. The number of nitrogens with two attached hydrogens (primary N) is 1. The van der Waals surface area contributed by atoms with Gasteiger partial charge in [-0.05, 0) is 18.4 Å². The smallest absolute Gasteiger partial charge is 0.223 e. The molecule has 11 heteroatoms. The summed E-state index contributed by atoms with van der Waals surface area (Å²) in [5, 5.41) is 16.3. The molecule has 27 heavy (non-hydrogen) atoms. The molecule has 10 nitrogen and oxygen atoms in total. The van der Waals surface area contributed by atoms with Crippen molar-refractivity contribution < 1.29 is 4.74 Å². The maximum Gasteiger partial charge on any atom is 0.223 e. The second-order valence-electron chi connectivity index (χ2n) is 5.79. The predicted octanol–water partition coefficient (Wildman–Crippen LogP) is 1.04. The molecule has 0 radical (unpaired) electrons. The number of hydrogen-bond acceptors (Lipinski definition) is 9. The zero-order valence-electron chi connectivity index (χ0n) is 14.9. The summed E-state index contributed by atoms with van der Waals surface area (Å²) < 4.78 is 6.94. The Labute approximate surface area is 158 Å². The van der Waals surface area contributed by atoms with Crippen molar-refractivity contribution in [3.63, 3.8) is 0 Å². The zero-order valence-corrected chi connectivity index (χ0v) is 15.7. The summed E-state index contributed by atoms with van der Waals surface area (Å²) in [4.78, 5) is 13.4. The van der Waals surface area contributed by atoms with Crippen molar-refractivity contribution in [2.24, 2.45) is 0 Å². The van der Waals surface area contributed by atoms with Crippen LogP contribution < -0.4 is 15.8 Å². The normalized spacial score (nSPS) is 11.5. The summed E-state index contributed by atoms with van der Waals surface area (Å²) in [5.74, 6) is 2.42. The number of nitrogens with one attached hydrogen (secondary N) is 2. The highest BCUT2D eigenvalue weighted by Gasteiger charge is 2.14. The van der Waals surface area contributed by atoms with E-state index in [9.17, 15) is 0 Å². The summed E-state index contributed by atoms with van der Waals surface area (Å²) >= 11 is 1.50. The van der Waals surface area contributed by atoms with Crippen molar-refractivity contribution in [1.82, 2.24) is 40.1 Å². The first-order chi connectivity index (χ1) is 13.2. The van der Waals surface area contributed by atoms with Crippen molar-refractivity contribution in [3.8, 4) is 5.75 Å². The molecular weight excluding hydrogens is 366 g/mol.